The van der Waals surface area contributed by atoms with E-state index in [1.54, 1.807) is 6.20 Å². The number of hydrogen-bond donors (Lipinski definition) is 1. The number of rotatable bonds is 5. The molecule has 0 fully saturated rings. The first-order valence-electron chi connectivity index (χ1n) is 5.55. The summed E-state index contributed by atoms with van der Waals surface area (Å²) in [5, 5.41) is 7.29. The third-order valence-electron chi connectivity index (χ3n) is 2.10. The van der Waals surface area contributed by atoms with Crippen LogP contribution in [-0.2, 0) is 6.54 Å². The summed E-state index contributed by atoms with van der Waals surface area (Å²) in [5.41, 5.74) is 1.26. The standard InChI is InChI=1S/C12H18ClN3O/c1-8(2)5-14-10-6-15-16(7-9(3)4)12(17)11(10)13/h6,9,14H,1,5,7H2,2-4H3. The van der Waals surface area contributed by atoms with Gasteiger partial charge in [-0.25, -0.2) is 4.68 Å². The smallest absolute Gasteiger partial charge is 0.287 e. The topological polar surface area (TPSA) is 46.9 Å². The minimum absolute atomic E-state index is 0.182. The molecule has 0 aliphatic rings. The van der Waals surface area contributed by atoms with Gasteiger partial charge in [0.1, 0.15) is 5.02 Å². The molecule has 0 bridgehead atoms. The number of anilines is 1. The lowest BCUT2D eigenvalue weighted by Crippen LogP contribution is -2.26. The number of halogens is 1. The van der Waals surface area contributed by atoms with E-state index in [2.05, 4.69) is 17.0 Å². The molecule has 0 aliphatic heterocycles. The molecular weight excluding hydrogens is 238 g/mol. The molecule has 0 aliphatic carbocycles. The van der Waals surface area contributed by atoms with Gasteiger partial charge in [0.25, 0.3) is 5.56 Å². The average molecular weight is 256 g/mol. The highest BCUT2D eigenvalue weighted by Gasteiger charge is 2.09. The summed E-state index contributed by atoms with van der Waals surface area (Å²) in [4.78, 5) is 11.9. The lowest BCUT2D eigenvalue weighted by atomic mass is 10.2. The second-order valence-corrected chi connectivity index (χ2v) is 4.94. The van der Waals surface area contributed by atoms with Crippen molar-refractivity contribution in [2.24, 2.45) is 5.92 Å². The largest absolute Gasteiger partial charge is 0.379 e. The molecule has 94 valence electrons. The molecule has 0 spiro atoms. The summed E-state index contributed by atoms with van der Waals surface area (Å²) in [6.07, 6.45) is 1.58. The summed E-state index contributed by atoms with van der Waals surface area (Å²) >= 11 is 6.00. The SMILES string of the molecule is C=C(C)CNc1cnn(CC(C)C)c(=O)c1Cl. The molecular formula is C12H18ClN3O. The predicted molar refractivity (Wildman–Crippen MR) is 71.6 cm³/mol. The highest BCUT2D eigenvalue weighted by atomic mass is 35.5. The quantitative estimate of drug-likeness (QED) is 0.823. The summed E-state index contributed by atoms with van der Waals surface area (Å²) in [7, 11) is 0. The molecule has 1 heterocycles. The van der Waals surface area contributed by atoms with Gasteiger partial charge in [-0.2, -0.15) is 5.10 Å². The van der Waals surface area contributed by atoms with Gasteiger partial charge in [0.15, 0.2) is 0 Å². The Morgan fingerprint density at radius 1 is 1.65 bits per heavy atom. The van der Waals surface area contributed by atoms with Crippen molar-refractivity contribution in [3.8, 4) is 0 Å². The van der Waals surface area contributed by atoms with Crippen LogP contribution in [-0.4, -0.2) is 16.3 Å². The van der Waals surface area contributed by atoms with Gasteiger partial charge in [-0.05, 0) is 12.8 Å². The number of aromatic nitrogens is 2. The van der Waals surface area contributed by atoms with Crippen molar-refractivity contribution in [2.75, 3.05) is 11.9 Å². The van der Waals surface area contributed by atoms with Gasteiger partial charge in [0, 0.05) is 13.1 Å². The molecule has 0 atom stereocenters. The lowest BCUT2D eigenvalue weighted by molar-refractivity contribution is 0.464. The van der Waals surface area contributed by atoms with Crippen LogP contribution in [0.2, 0.25) is 5.02 Å². The zero-order chi connectivity index (χ0) is 13.0. The molecule has 0 saturated heterocycles. The molecule has 17 heavy (non-hydrogen) atoms. The highest BCUT2D eigenvalue weighted by Crippen LogP contribution is 2.15. The van der Waals surface area contributed by atoms with Crippen LogP contribution in [0.15, 0.2) is 23.1 Å². The fourth-order valence-corrected chi connectivity index (χ4v) is 1.52. The summed E-state index contributed by atoms with van der Waals surface area (Å²) < 4.78 is 1.39. The van der Waals surface area contributed by atoms with E-state index in [1.807, 2.05) is 20.8 Å². The van der Waals surface area contributed by atoms with Crippen LogP contribution >= 0.6 is 11.6 Å². The monoisotopic (exact) mass is 255 g/mol. The van der Waals surface area contributed by atoms with E-state index >= 15 is 0 Å². The van der Waals surface area contributed by atoms with Crippen LogP contribution in [0.5, 0.6) is 0 Å². The maximum absolute atomic E-state index is 11.9. The molecule has 1 aromatic heterocycles. The first-order valence-corrected chi connectivity index (χ1v) is 5.93. The zero-order valence-electron chi connectivity index (χ0n) is 10.5. The van der Waals surface area contributed by atoms with Crippen molar-refractivity contribution in [1.29, 1.82) is 0 Å². The second kappa shape index (κ2) is 5.87. The van der Waals surface area contributed by atoms with Gasteiger partial charge in [0.2, 0.25) is 0 Å². The first kappa shape index (κ1) is 13.8. The van der Waals surface area contributed by atoms with Gasteiger partial charge in [-0.1, -0.05) is 37.6 Å². The van der Waals surface area contributed by atoms with Crippen molar-refractivity contribution < 1.29 is 0 Å². The van der Waals surface area contributed by atoms with Crippen LogP contribution in [0.3, 0.4) is 0 Å². The molecule has 0 amide bonds. The van der Waals surface area contributed by atoms with Crippen molar-refractivity contribution in [1.82, 2.24) is 9.78 Å². The highest BCUT2D eigenvalue weighted by molar-refractivity contribution is 6.32. The molecule has 1 rings (SSSR count). The first-order chi connectivity index (χ1) is 7.91. The molecule has 1 aromatic rings. The Morgan fingerprint density at radius 2 is 2.29 bits per heavy atom. The van der Waals surface area contributed by atoms with E-state index < -0.39 is 0 Å². The number of hydrogen-bond acceptors (Lipinski definition) is 3. The second-order valence-electron chi connectivity index (χ2n) is 4.56. The summed E-state index contributed by atoms with van der Waals surface area (Å²) in [6.45, 7) is 10.9. The van der Waals surface area contributed by atoms with Gasteiger partial charge in [0.05, 0.1) is 11.9 Å². The minimum Gasteiger partial charge on any atom is -0.379 e. The van der Waals surface area contributed by atoms with E-state index in [1.165, 1.54) is 4.68 Å². The Balaban J connectivity index is 2.94. The van der Waals surface area contributed by atoms with Crippen molar-refractivity contribution in [3.05, 3.63) is 33.7 Å². The Hall–Kier alpha value is -1.29. The van der Waals surface area contributed by atoms with E-state index in [4.69, 9.17) is 11.6 Å². The predicted octanol–water partition coefficient (Wildman–Crippen LogP) is 2.54. The van der Waals surface area contributed by atoms with E-state index in [9.17, 15) is 4.79 Å². The maximum atomic E-state index is 11.9. The molecule has 0 radical (unpaired) electrons. The minimum atomic E-state index is -0.257. The zero-order valence-corrected chi connectivity index (χ0v) is 11.2. The van der Waals surface area contributed by atoms with Crippen LogP contribution in [0, 0.1) is 5.92 Å². The maximum Gasteiger partial charge on any atom is 0.287 e. The van der Waals surface area contributed by atoms with E-state index in [0.29, 0.717) is 24.7 Å². The van der Waals surface area contributed by atoms with Gasteiger partial charge in [-0.3, -0.25) is 4.79 Å². The Kier molecular flexibility index (Phi) is 4.75. The Labute approximate surface area is 106 Å². The fraction of sp³-hybridized carbons (Fsp3) is 0.500. The third-order valence-corrected chi connectivity index (χ3v) is 2.47. The van der Waals surface area contributed by atoms with E-state index in [-0.39, 0.29) is 10.6 Å². The van der Waals surface area contributed by atoms with Crippen molar-refractivity contribution in [2.45, 2.75) is 27.3 Å². The molecule has 4 nitrogen and oxygen atoms in total. The number of nitrogens with zero attached hydrogens (tertiary/aromatic N) is 2. The molecule has 0 unspecified atom stereocenters. The molecule has 0 saturated carbocycles. The molecule has 1 N–H and O–H groups in total. The van der Waals surface area contributed by atoms with Gasteiger partial charge >= 0.3 is 0 Å². The normalized spacial score (nSPS) is 10.6. The van der Waals surface area contributed by atoms with Gasteiger partial charge in [-0.15, -0.1) is 0 Å². The summed E-state index contributed by atoms with van der Waals surface area (Å²) in [6, 6.07) is 0. The Bertz CT molecular complexity index is 465. The van der Waals surface area contributed by atoms with Crippen LogP contribution < -0.4 is 10.9 Å². The fourth-order valence-electron chi connectivity index (χ4n) is 1.31. The molecule has 0 aromatic carbocycles. The lowest BCUT2D eigenvalue weighted by Gasteiger charge is -2.11. The average Bonchev–Trinajstić information content (AvgIpc) is 2.23. The van der Waals surface area contributed by atoms with Crippen LogP contribution in [0.25, 0.3) is 0 Å². The van der Waals surface area contributed by atoms with Gasteiger partial charge < -0.3 is 5.32 Å². The number of nitrogens with one attached hydrogen (secondary N) is 1. The Morgan fingerprint density at radius 3 is 2.82 bits per heavy atom. The van der Waals surface area contributed by atoms with Crippen molar-refractivity contribution in [3.63, 3.8) is 0 Å². The van der Waals surface area contributed by atoms with Crippen LogP contribution in [0.4, 0.5) is 5.69 Å². The van der Waals surface area contributed by atoms with Crippen LogP contribution in [0.1, 0.15) is 20.8 Å². The van der Waals surface area contributed by atoms with E-state index in [0.717, 1.165) is 5.57 Å². The van der Waals surface area contributed by atoms with Crippen molar-refractivity contribution >= 4 is 17.3 Å². The molecule has 5 heteroatoms. The third kappa shape index (κ3) is 3.89. The summed E-state index contributed by atoms with van der Waals surface area (Å²) in [5.74, 6) is 0.352.